The molecule has 0 atom stereocenters. The molecule has 8 aromatic carbocycles. The molecule has 8 aromatic rings. The van der Waals surface area contributed by atoms with Crippen LogP contribution >= 0.6 is 0 Å². The molecule has 0 heterocycles. The van der Waals surface area contributed by atoms with Gasteiger partial charge in [-0.05, 0) is 101 Å². The summed E-state index contributed by atoms with van der Waals surface area (Å²) < 4.78 is 0. The third-order valence-corrected chi connectivity index (χ3v) is 9.38. The van der Waals surface area contributed by atoms with E-state index in [9.17, 15) is 0 Å². The molecule has 0 spiro atoms. The van der Waals surface area contributed by atoms with E-state index in [1.807, 2.05) is 0 Å². The third kappa shape index (κ3) is 3.89. The number of rotatable bonds is 9. The lowest BCUT2D eigenvalue weighted by Crippen LogP contribution is -1.92. The maximum atomic E-state index is 2.37. The molecular formula is C40H34. The van der Waals surface area contributed by atoms with Gasteiger partial charge in [-0.15, -0.1) is 0 Å². The Labute approximate surface area is 235 Å². The molecular weight excluding hydrogens is 480 g/mol. The summed E-state index contributed by atoms with van der Waals surface area (Å²) in [6.07, 6.45) is 10.2. The Morgan fingerprint density at radius 2 is 0.600 bits per heavy atom. The Hall–Kier alpha value is -4.16. The highest BCUT2D eigenvalue weighted by Gasteiger charge is 2.12. The molecule has 40 heavy (non-hydrogen) atoms. The van der Waals surface area contributed by atoms with Crippen molar-refractivity contribution < 1.29 is 0 Å². The average molecular weight is 515 g/mol. The van der Waals surface area contributed by atoms with Gasteiger partial charge in [0.25, 0.3) is 0 Å². The van der Waals surface area contributed by atoms with Crippen LogP contribution in [0.2, 0.25) is 0 Å². The van der Waals surface area contributed by atoms with Gasteiger partial charge in [-0.25, -0.2) is 0 Å². The first kappa shape index (κ1) is 23.7. The first-order valence-corrected chi connectivity index (χ1v) is 15.2. The fraction of sp³-hybridized carbons (Fsp3) is 0.200. The van der Waals surface area contributed by atoms with Gasteiger partial charge in [-0.3, -0.25) is 0 Å². The van der Waals surface area contributed by atoms with Gasteiger partial charge < -0.3 is 0 Å². The summed E-state index contributed by atoms with van der Waals surface area (Å²) in [5.74, 6) is 0. The van der Waals surface area contributed by atoms with Crippen LogP contribution in [0.25, 0.3) is 64.6 Å². The smallest absolute Gasteiger partial charge is 0.00240 e. The predicted molar refractivity (Wildman–Crippen MR) is 175 cm³/mol. The molecule has 194 valence electrons. The van der Waals surface area contributed by atoms with E-state index in [0.29, 0.717) is 0 Å². The SMILES string of the molecule is c1cc2ccc3ccc(CCCCCCCCc4ccc5ccc6cccc7ccc4c5c67)c4ccc(c1)c2c34. The molecule has 8 rings (SSSR count). The van der Waals surface area contributed by atoms with E-state index in [2.05, 4.69) is 109 Å². The van der Waals surface area contributed by atoms with Crippen LogP contribution in [0.1, 0.15) is 49.7 Å². The lowest BCUT2D eigenvalue weighted by molar-refractivity contribution is 0.595. The first-order chi connectivity index (χ1) is 19.8. The number of unbranched alkanes of at least 4 members (excludes halogenated alkanes) is 5. The van der Waals surface area contributed by atoms with Crippen LogP contribution in [-0.2, 0) is 12.8 Å². The second-order valence-electron chi connectivity index (χ2n) is 11.8. The first-order valence-electron chi connectivity index (χ1n) is 15.2. The summed E-state index contributed by atoms with van der Waals surface area (Å²) in [5, 5.41) is 16.9. The maximum Gasteiger partial charge on any atom is -0.00240 e. The molecule has 0 saturated heterocycles. The van der Waals surface area contributed by atoms with Crippen LogP contribution < -0.4 is 0 Å². The largest absolute Gasteiger partial charge is 0.0610 e. The van der Waals surface area contributed by atoms with Gasteiger partial charge in [0.05, 0.1) is 0 Å². The molecule has 0 radical (unpaired) electrons. The Morgan fingerprint density at radius 1 is 0.275 bits per heavy atom. The fourth-order valence-electron chi connectivity index (χ4n) is 7.37. The van der Waals surface area contributed by atoms with Gasteiger partial charge in [0.1, 0.15) is 0 Å². The third-order valence-electron chi connectivity index (χ3n) is 9.38. The molecule has 0 bridgehead atoms. The lowest BCUT2D eigenvalue weighted by atomic mass is 9.90. The van der Waals surface area contributed by atoms with Crippen LogP contribution in [0, 0.1) is 0 Å². The van der Waals surface area contributed by atoms with E-state index < -0.39 is 0 Å². The molecule has 0 unspecified atom stereocenters. The molecule has 0 N–H and O–H groups in total. The zero-order valence-corrected chi connectivity index (χ0v) is 23.0. The molecule has 0 amide bonds. The predicted octanol–water partition coefficient (Wildman–Crippen LogP) is 11.6. The van der Waals surface area contributed by atoms with Crippen LogP contribution in [-0.4, -0.2) is 0 Å². The monoisotopic (exact) mass is 514 g/mol. The molecule has 0 heteroatoms. The van der Waals surface area contributed by atoms with Gasteiger partial charge in [0.2, 0.25) is 0 Å². The summed E-state index contributed by atoms with van der Waals surface area (Å²) in [7, 11) is 0. The van der Waals surface area contributed by atoms with Crippen molar-refractivity contribution in [3.63, 3.8) is 0 Å². The Balaban J connectivity index is 0.886. The van der Waals surface area contributed by atoms with Crippen LogP contribution in [0.3, 0.4) is 0 Å². The van der Waals surface area contributed by atoms with Gasteiger partial charge in [-0.1, -0.05) is 135 Å². The Bertz CT molecular complexity index is 1930. The normalized spacial score (nSPS) is 12.3. The zero-order chi connectivity index (χ0) is 26.5. The van der Waals surface area contributed by atoms with E-state index in [1.165, 1.54) is 127 Å². The summed E-state index contributed by atoms with van der Waals surface area (Å²) >= 11 is 0. The quantitative estimate of drug-likeness (QED) is 0.133. The minimum absolute atomic E-state index is 1.18. The summed E-state index contributed by atoms with van der Waals surface area (Å²) in [5.41, 5.74) is 3.03. The van der Waals surface area contributed by atoms with Crippen molar-refractivity contribution in [2.24, 2.45) is 0 Å². The molecule has 0 fully saturated rings. The van der Waals surface area contributed by atoms with Gasteiger partial charge in [0.15, 0.2) is 0 Å². The van der Waals surface area contributed by atoms with Crippen LogP contribution in [0.4, 0.5) is 0 Å². The standard InChI is InChI=1S/C40H34/c1(3-5-9-27-15-17-33-21-19-29-11-7-13-31-23-25-35(27)39(33)37(29)31)2-4-6-10-28-16-18-34-22-20-30-12-8-14-32-24-26-36(28)40(34)38(30)32/h7-8,11-26H,1-6,9-10H2. The number of aryl methyl sites for hydroxylation is 2. The minimum Gasteiger partial charge on any atom is -0.0610 e. The van der Waals surface area contributed by atoms with E-state index >= 15 is 0 Å². The lowest BCUT2D eigenvalue weighted by Gasteiger charge is -2.14. The van der Waals surface area contributed by atoms with Crippen molar-refractivity contribution in [1.82, 2.24) is 0 Å². The molecule has 0 nitrogen and oxygen atoms in total. The second kappa shape index (κ2) is 9.79. The van der Waals surface area contributed by atoms with Crippen LogP contribution in [0.15, 0.2) is 109 Å². The van der Waals surface area contributed by atoms with E-state index in [1.54, 1.807) is 0 Å². The van der Waals surface area contributed by atoms with Crippen molar-refractivity contribution in [3.8, 4) is 0 Å². The van der Waals surface area contributed by atoms with E-state index in [-0.39, 0.29) is 0 Å². The Morgan fingerprint density at radius 3 is 1.02 bits per heavy atom. The summed E-state index contributed by atoms with van der Waals surface area (Å²) in [6, 6.07) is 41.2. The van der Waals surface area contributed by atoms with E-state index in [4.69, 9.17) is 0 Å². The second-order valence-corrected chi connectivity index (χ2v) is 11.8. The Kier molecular flexibility index (Phi) is 5.80. The molecule has 0 aromatic heterocycles. The van der Waals surface area contributed by atoms with Gasteiger partial charge in [-0.2, -0.15) is 0 Å². The average Bonchev–Trinajstić information content (AvgIpc) is 3.01. The van der Waals surface area contributed by atoms with Crippen molar-refractivity contribution >= 4 is 64.6 Å². The summed E-state index contributed by atoms with van der Waals surface area (Å²) in [6.45, 7) is 0. The number of hydrogen-bond donors (Lipinski definition) is 0. The molecule has 0 aliphatic rings. The van der Waals surface area contributed by atoms with Crippen molar-refractivity contribution in [2.75, 3.05) is 0 Å². The van der Waals surface area contributed by atoms with Crippen molar-refractivity contribution in [1.29, 1.82) is 0 Å². The minimum atomic E-state index is 1.18. The zero-order valence-electron chi connectivity index (χ0n) is 23.0. The highest BCUT2D eigenvalue weighted by Crippen LogP contribution is 2.37. The van der Waals surface area contributed by atoms with Crippen molar-refractivity contribution in [2.45, 2.75) is 51.4 Å². The fourth-order valence-corrected chi connectivity index (χ4v) is 7.37. The molecule has 0 saturated carbocycles. The van der Waals surface area contributed by atoms with Crippen LogP contribution in [0.5, 0.6) is 0 Å². The van der Waals surface area contributed by atoms with Gasteiger partial charge >= 0.3 is 0 Å². The van der Waals surface area contributed by atoms with E-state index in [0.717, 1.165) is 0 Å². The number of benzene rings is 8. The van der Waals surface area contributed by atoms with Gasteiger partial charge in [0, 0.05) is 0 Å². The van der Waals surface area contributed by atoms with Crippen molar-refractivity contribution in [3.05, 3.63) is 120 Å². The molecule has 0 aliphatic carbocycles. The number of hydrogen-bond acceptors (Lipinski definition) is 0. The summed E-state index contributed by atoms with van der Waals surface area (Å²) in [4.78, 5) is 0. The maximum absolute atomic E-state index is 2.37. The molecule has 0 aliphatic heterocycles. The highest BCUT2D eigenvalue weighted by molar-refractivity contribution is 6.24. The topological polar surface area (TPSA) is 0 Å². The highest BCUT2D eigenvalue weighted by atomic mass is 14.2.